The number of fused-ring (bicyclic) bond motifs is 1. The first-order valence-electron chi connectivity index (χ1n) is 9.31. The highest BCUT2D eigenvalue weighted by Crippen LogP contribution is 2.40. The molecule has 1 aromatic heterocycles. The number of allylic oxidation sites excluding steroid dienone is 1. The summed E-state index contributed by atoms with van der Waals surface area (Å²) in [4.78, 5) is 15.0. The molecule has 0 bridgehead atoms. The van der Waals surface area contributed by atoms with E-state index in [0.717, 1.165) is 52.8 Å². The molecule has 0 spiro atoms. The first kappa shape index (κ1) is 18.4. The second-order valence-corrected chi connectivity index (χ2v) is 6.92. The highest BCUT2D eigenvalue weighted by Gasteiger charge is 2.24. The topological polar surface area (TPSA) is 106 Å². The maximum Gasteiger partial charge on any atom is 0.269 e. The molecule has 0 atom stereocenters. The molecule has 0 fully saturated rings. The number of anilines is 1. The number of nitrogen functional groups attached to an aromatic ring is 1. The second-order valence-electron chi connectivity index (χ2n) is 6.92. The normalized spacial score (nSPS) is 14.2. The van der Waals surface area contributed by atoms with Gasteiger partial charge in [0.25, 0.3) is 5.69 Å². The predicted octanol–water partition coefficient (Wildman–Crippen LogP) is 4.99. The third-order valence-corrected chi connectivity index (χ3v) is 5.12. The van der Waals surface area contributed by atoms with Crippen LogP contribution in [-0.2, 0) is 6.42 Å². The third kappa shape index (κ3) is 3.46. The van der Waals surface area contributed by atoms with Crippen LogP contribution in [-0.4, -0.2) is 9.91 Å². The van der Waals surface area contributed by atoms with Crippen molar-refractivity contribution in [3.63, 3.8) is 0 Å². The number of nitrogens with two attached hydrogens (primary N) is 1. The van der Waals surface area contributed by atoms with Gasteiger partial charge in [-0.1, -0.05) is 30.3 Å². The summed E-state index contributed by atoms with van der Waals surface area (Å²) >= 11 is 0. The van der Waals surface area contributed by atoms with Crippen LogP contribution in [0.15, 0.2) is 54.6 Å². The quantitative estimate of drug-likeness (QED) is 0.507. The smallest absolute Gasteiger partial charge is 0.269 e. The molecule has 2 aromatic carbocycles. The molecule has 1 aliphatic rings. The molecule has 0 radical (unpaired) electrons. The van der Waals surface area contributed by atoms with Gasteiger partial charge < -0.3 is 5.73 Å². The second kappa shape index (κ2) is 7.56. The van der Waals surface area contributed by atoms with Crippen molar-refractivity contribution in [2.75, 3.05) is 5.73 Å². The van der Waals surface area contributed by atoms with E-state index in [-0.39, 0.29) is 11.5 Å². The Bertz CT molecular complexity index is 1160. The van der Waals surface area contributed by atoms with E-state index in [1.54, 1.807) is 12.1 Å². The van der Waals surface area contributed by atoms with Crippen LogP contribution in [0.1, 0.15) is 35.2 Å². The van der Waals surface area contributed by atoms with Crippen molar-refractivity contribution in [3.05, 3.63) is 87.1 Å². The minimum Gasteiger partial charge on any atom is -0.383 e. The lowest BCUT2D eigenvalue weighted by Gasteiger charge is -2.23. The van der Waals surface area contributed by atoms with Crippen molar-refractivity contribution in [3.8, 4) is 17.2 Å². The molecule has 4 rings (SSSR count). The zero-order chi connectivity index (χ0) is 20.4. The number of hydrogen-bond acceptors (Lipinski definition) is 5. The predicted molar refractivity (Wildman–Crippen MR) is 113 cm³/mol. The maximum absolute atomic E-state index is 10.9. The van der Waals surface area contributed by atoms with Crippen LogP contribution in [0.5, 0.6) is 0 Å². The summed E-state index contributed by atoms with van der Waals surface area (Å²) in [5, 5.41) is 20.6. The summed E-state index contributed by atoms with van der Waals surface area (Å²) < 4.78 is 0. The molecule has 0 amide bonds. The van der Waals surface area contributed by atoms with Crippen molar-refractivity contribution in [1.29, 1.82) is 5.26 Å². The van der Waals surface area contributed by atoms with E-state index in [2.05, 4.69) is 11.1 Å². The summed E-state index contributed by atoms with van der Waals surface area (Å²) in [6.07, 6.45) is 4.58. The Balaban J connectivity index is 1.87. The van der Waals surface area contributed by atoms with Gasteiger partial charge in [0.05, 0.1) is 10.6 Å². The Kier molecular flexibility index (Phi) is 4.80. The fourth-order valence-electron chi connectivity index (χ4n) is 3.79. The maximum atomic E-state index is 10.9. The van der Waals surface area contributed by atoms with E-state index in [0.29, 0.717) is 5.56 Å². The van der Waals surface area contributed by atoms with E-state index in [9.17, 15) is 15.4 Å². The highest BCUT2D eigenvalue weighted by atomic mass is 16.6. The summed E-state index contributed by atoms with van der Waals surface area (Å²) in [5.41, 5.74) is 12.2. The Morgan fingerprint density at radius 1 is 1.10 bits per heavy atom. The van der Waals surface area contributed by atoms with E-state index in [4.69, 9.17) is 5.73 Å². The first-order valence-corrected chi connectivity index (χ1v) is 9.31. The van der Waals surface area contributed by atoms with Gasteiger partial charge in [0.15, 0.2) is 0 Å². The minimum atomic E-state index is -0.412. The Hall–Kier alpha value is -3.98. The van der Waals surface area contributed by atoms with E-state index < -0.39 is 4.92 Å². The summed E-state index contributed by atoms with van der Waals surface area (Å²) in [6.45, 7) is 0. The fraction of sp³-hybridized carbons (Fsp3) is 0.130. The Labute approximate surface area is 168 Å². The average Bonchev–Trinajstić information content (AvgIpc) is 2.74. The fourth-order valence-corrected chi connectivity index (χ4v) is 3.79. The standard InChI is InChI=1S/C23H18N4O2/c24-14-20-21(16-5-2-1-3-6-16)19-8-4-7-17(22(19)26-23(20)25)13-15-9-11-18(12-10-15)27(28)29/h1-3,5-6,9-13H,4,7-8H2,(H2,25,26). The minimum absolute atomic E-state index is 0.0589. The highest BCUT2D eigenvalue weighted by molar-refractivity contribution is 5.89. The number of rotatable bonds is 3. The van der Waals surface area contributed by atoms with Crippen molar-refractivity contribution < 1.29 is 4.92 Å². The largest absolute Gasteiger partial charge is 0.383 e. The van der Waals surface area contributed by atoms with Gasteiger partial charge in [-0.2, -0.15) is 5.26 Å². The zero-order valence-corrected chi connectivity index (χ0v) is 15.6. The van der Waals surface area contributed by atoms with Crippen LogP contribution in [0.2, 0.25) is 0 Å². The van der Waals surface area contributed by atoms with Gasteiger partial charge in [0, 0.05) is 17.7 Å². The molecule has 142 valence electrons. The first-order chi connectivity index (χ1) is 14.1. The molecule has 0 unspecified atom stereocenters. The number of nitrogens with zero attached hydrogens (tertiary/aromatic N) is 3. The third-order valence-electron chi connectivity index (χ3n) is 5.12. The number of pyridine rings is 1. The van der Waals surface area contributed by atoms with Crippen molar-refractivity contribution in [2.24, 2.45) is 0 Å². The molecule has 2 N–H and O–H groups in total. The summed E-state index contributed by atoms with van der Waals surface area (Å²) in [6, 6.07) is 18.4. The van der Waals surface area contributed by atoms with Gasteiger partial charge in [-0.3, -0.25) is 10.1 Å². The average molecular weight is 382 g/mol. The van der Waals surface area contributed by atoms with Crippen molar-refractivity contribution >= 4 is 23.2 Å². The zero-order valence-electron chi connectivity index (χ0n) is 15.6. The monoisotopic (exact) mass is 382 g/mol. The van der Waals surface area contributed by atoms with Crippen LogP contribution in [0.3, 0.4) is 0 Å². The van der Waals surface area contributed by atoms with Crippen molar-refractivity contribution in [1.82, 2.24) is 4.98 Å². The lowest BCUT2D eigenvalue weighted by molar-refractivity contribution is -0.384. The van der Waals surface area contributed by atoms with Gasteiger partial charge in [-0.25, -0.2) is 4.98 Å². The van der Waals surface area contributed by atoms with E-state index >= 15 is 0 Å². The van der Waals surface area contributed by atoms with Gasteiger partial charge in [0.2, 0.25) is 0 Å². The molecule has 0 aliphatic heterocycles. The number of non-ortho nitro benzene ring substituents is 1. The van der Waals surface area contributed by atoms with Gasteiger partial charge >= 0.3 is 0 Å². The number of aromatic nitrogens is 1. The molecule has 1 heterocycles. The van der Waals surface area contributed by atoms with Gasteiger partial charge in [0.1, 0.15) is 17.5 Å². The molecule has 29 heavy (non-hydrogen) atoms. The Morgan fingerprint density at radius 3 is 2.48 bits per heavy atom. The number of nitriles is 1. The summed E-state index contributed by atoms with van der Waals surface area (Å²) in [7, 11) is 0. The van der Waals surface area contributed by atoms with Crippen LogP contribution >= 0.6 is 0 Å². The number of hydrogen-bond donors (Lipinski definition) is 1. The lowest BCUT2D eigenvalue weighted by atomic mass is 9.83. The van der Waals surface area contributed by atoms with Crippen LogP contribution in [0.4, 0.5) is 11.5 Å². The van der Waals surface area contributed by atoms with E-state index in [1.807, 2.05) is 36.4 Å². The van der Waals surface area contributed by atoms with Crippen LogP contribution < -0.4 is 5.73 Å². The number of nitro benzene ring substituents is 1. The van der Waals surface area contributed by atoms with Crippen LogP contribution in [0, 0.1) is 21.4 Å². The van der Waals surface area contributed by atoms with E-state index in [1.165, 1.54) is 12.1 Å². The molecule has 6 heteroatoms. The molecule has 1 aliphatic carbocycles. The molecular formula is C23H18N4O2. The SMILES string of the molecule is N#Cc1c(N)nc2c(c1-c1ccccc1)CCCC2=Cc1ccc([N+](=O)[O-])cc1. The van der Waals surface area contributed by atoms with Crippen molar-refractivity contribution in [2.45, 2.75) is 19.3 Å². The molecule has 0 saturated carbocycles. The van der Waals surface area contributed by atoms with Gasteiger partial charge in [-0.15, -0.1) is 0 Å². The van der Waals surface area contributed by atoms with Gasteiger partial charge in [-0.05, 0) is 59.7 Å². The summed E-state index contributed by atoms with van der Waals surface area (Å²) in [5.74, 6) is 0.224. The molecule has 0 saturated heterocycles. The lowest BCUT2D eigenvalue weighted by Crippen LogP contribution is -2.11. The van der Waals surface area contributed by atoms with Crippen LogP contribution in [0.25, 0.3) is 22.8 Å². The molecule has 6 nitrogen and oxygen atoms in total. The molecule has 3 aromatic rings. The number of nitro groups is 1. The number of benzene rings is 2. The molecular weight excluding hydrogens is 364 g/mol. The Morgan fingerprint density at radius 2 is 1.83 bits per heavy atom.